The van der Waals surface area contributed by atoms with Crippen LogP contribution in [0.4, 0.5) is 0 Å². The van der Waals surface area contributed by atoms with Gasteiger partial charge in [-0.2, -0.15) is 0 Å². The molecule has 0 unspecified atom stereocenters. The van der Waals surface area contributed by atoms with Gasteiger partial charge in [-0.15, -0.1) is 0 Å². The maximum Gasteiger partial charge on any atom is 0.350 e. The molecule has 4 heteroatoms. The van der Waals surface area contributed by atoms with Gasteiger partial charge in [-0.3, -0.25) is 4.79 Å². The van der Waals surface area contributed by atoms with Crippen LogP contribution in [0.25, 0.3) is 0 Å². The van der Waals surface area contributed by atoms with E-state index >= 15 is 0 Å². The van der Waals surface area contributed by atoms with Crippen LogP contribution < -0.4 is 0 Å². The first kappa shape index (κ1) is 17.9. The second-order valence-electron chi connectivity index (χ2n) is 6.35. The molecule has 0 amide bonds. The monoisotopic (exact) mass is 272 g/mol. The summed E-state index contributed by atoms with van der Waals surface area (Å²) in [6.07, 6.45) is 4.18. The van der Waals surface area contributed by atoms with Gasteiger partial charge < -0.3 is 9.47 Å². The fourth-order valence-corrected chi connectivity index (χ4v) is 1.29. The predicted molar refractivity (Wildman–Crippen MR) is 74.7 cm³/mol. The standard InChI is InChI=1S/C15H28O4/c1-7-8-9-10-11-18-13(17)15(5,6)19-12(16)14(2,3)4/h7-11H2,1-6H3. The number of carbonyl (C=O) groups is 2. The van der Waals surface area contributed by atoms with Gasteiger partial charge in [-0.1, -0.05) is 26.2 Å². The van der Waals surface area contributed by atoms with Crippen molar-refractivity contribution in [3.63, 3.8) is 0 Å². The molecule has 0 spiro atoms. The molecule has 0 aliphatic rings. The van der Waals surface area contributed by atoms with Crippen LogP contribution in [-0.4, -0.2) is 24.1 Å². The maximum atomic E-state index is 11.9. The summed E-state index contributed by atoms with van der Waals surface area (Å²) in [6, 6.07) is 0. The van der Waals surface area contributed by atoms with Crippen molar-refractivity contribution < 1.29 is 19.1 Å². The largest absolute Gasteiger partial charge is 0.463 e. The lowest BCUT2D eigenvalue weighted by atomic mass is 9.97. The Balaban J connectivity index is 4.18. The van der Waals surface area contributed by atoms with Crippen molar-refractivity contribution in [2.75, 3.05) is 6.61 Å². The molecule has 112 valence electrons. The van der Waals surface area contributed by atoms with Crippen molar-refractivity contribution in [3.8, 4) is 0 Å². The van der Waals surface area contributed by atoms with Gasteiger partial charge in [0.05, 0.1) is 12.0 Å². The van der Waals surface area contributed by atoms with Crippen LogP contribution in [0.1, 0.15) is 67.2 Å². The molecule has 0 bridgehead atoms. The molecule has 0 heterocycles. The molecule has 0 radical (unpaired) electrons. The predicted octanol–water partition coefficient (Wildman–Crippen LogP) is 3.48. The molecular weight excluding hydrogens is 244 g/mol. The van der Waals surface area contributed by atoms with E-state index in [4.69, 9.17) is 9.47 Å². The minimum atomic E-state index is -1.23. The van der Waals surface area contributed by atoms with Crippen LogP contribution in [0.5, 0.6) is 0 Å². The summed E-state index contributed by atoms with van der Waals surface area (Å²) in [7, 11) is 0. The maximum absolute atomic E-state index is 11.9. The molecule has 0 aliphatic carbocycles. The van der Waals surface area contributed by atoms with E-state index in [0.717, 1.165) is 25.7 Å². The van der Waals surface area contributed by atoms with Crippen molar-refractivity contribution in [1.82, 2.24) is 0 Å². The SMILES string of the molecule is CCCCCCOC(=O)C(C)(C)OC(=O)C(C)(C)C. The molecule has 0 atom stereocenters. The third kappa shape index (κ3) is 7.19. The van der Waals surface area contributed by atoms with Gasteiger partial charge in [0.2, 0.25) is 5.60 Å². The first-order valence-corrected chi connectivity index (χ1v) is 7.02. The van der Waals surface area contributed by atoms with Crippen molar-refractivity contribution in [2.24, 2.45) is 5.41 Å². The first-order chi connectivity index (χ1) is 8.61. The smallest absolute Gasteiger partial charge is 0.350 e. The van der Waals surface area contributed by atoms with E-state index in [1.807, 2.05) is 0 Å². The zero-order valence-corrected chi connectivity index (χ0v) is 13.2. The van der Waals surface area contributed by atoms with Gasteiger partial charge in [0.25, 0.3) is 0 Å². The second-order valence-corrected chi connectivity index (χ2v) is 6.35. The summed E-state index contributed by atoms with van der Waals surface area (Å²) in [5, 5.41) is 0. The van der Waals surface area contributed by atoms with E-state index in [-0.39, 0.29) is 0 Å². The summed E-state index contributed by atoms with van der Waals surface area (Å²) in [6.45, 7) is 10.9. The molecule has 0 aromatic carbocycles. The number of rotatable bonds is 7. The lowest BCUT2D eigenvalue weighted by molar-refractivity contribution is -0.183. The molecule has 0 saturated heterocycles. The number of esters is 2. The minimum Gasteiger partial charge on any atom is -0.463 e. The van der Waals surface area contributed by atoms with Gasteiger partial charge in [-0.25, -0.2) is 4.79 Å². The molecule has 0 N–H and O–H groups in total. The van der Waals surface area contributed by atoms with Crippen LogP contribution >= 0.6 is 0 Å². The second kappa shape index (κ2) is 7.51. The first-order valence-electron chi connectivity index (χ1n) is 7.02. The van der Waals surface area contributed by atoms with Gasteiger partial charge >= 0.3 is 11.9 Å². The van der Waals surface area contributed by atoms with Crippen molar-refractivity contribution >= 4 is 11.9 Å². The Hall–Kier alpha value is -1.06. The molecule has 0 aromatic heterocycles. The Labute approximate surface area is 116 Å². The highest BCUT2D eigenvalue weighted by atomic mass is 16.6. The molecule has 0 rings (SSSR count). The minimum absolute atomic E-state index is 0.384. The van der Waals surface area contributed by atoms with Crippen LogP contribution in [0.2, 0.25) is 0 Å². The van der Waals surface area contributed by atoms with E-state index in [1.54, 1.807) is 34.6 Å². The van der Waals surface area contributed by atoms with E-state index in [0.29, 0.717) is 6.61 Å². The van der Waals surface area contributed by atoms with Crippen LogP contribution in [0, 0.1) is 5.41 Å². The Morgan fingerprint density at radius 3 is 1.95 bits per heavy atom. The van der Waals surface area contributed by atoms with E-state index in [2.05, 4.69) is 6.92 Å². The third-order valence-corrected chi connectivity index (χ3v) is 2.68. The highest BCUT2D eigenvalue weighted by Crippen LogP contribution is 2.21. The Bertz CT molecular complexity index is 300. The fourth-order valence-electron chi connectivity index (χ4n) is 1.29. The van der Waals surface area contributed by atoms with Crippen LogP contribution in [0.15, 0.2) is 0 Å². The van der Waals surface area contributed by atoms with Crippen molar-refractivity contribution in [1.29, 1.82) is 0 Å². The lowest BCUT2D eigenvalue weighted by Gasteiger charge is -2.27. The summed E-state index contributed by atoms with van der Waals surface area (Å²) in [5.74, 6) is -0.887. The Kier molecular flexibility index (Phi) is 7.09. The fraction of sp³-hybridized carbons (Fsp3) is 0.867. The van der Waals surface area contributed by atoms with Crippen LogP contribution in [0.3, 0.4) is 0 Å². The average molecular weight is 272 g/mol. The number of hydrogen-bond acceptors (Lipinski definition) is 4. The molecule has 4 nitrogen and oxygen atoms in total. The summed E-state index contributed by atoms with van der Waals surface area (Å²) in [5.41, 5.74) is -1.85. The number of carbonyl (C=O) groups excluding carboxylic acids is 2. The average Bonchev–Trinajstić information content (AvgIpc) is 2.26. The molecule has 0 saturated carbocycles. The molecule has 0 aliphatic heterocycles. The van der Waals surface area contributed by atoms with E-state index in [1.165, 1.54) is 0 Å². The third-order valence-electron chi connectivity index (χ3n) is 2.68. The summed E-state index contributed by atoms with van der Waals surface area (Å²) in [4.78, 5) is 23.6. The quantitative estimate of drug-likeness (QED) is 0.526. The summed E-state index contributed by atoms with van der Waals surface area (Å²) >= 11 is 0. The van der Waals surface area contributed by atoms with E-state index < -0.39 is 23.0 Å². The molecule has 0 fully saturated rings. The zero-order chi connectivity index (χ0) is 15.1. The highest BCUT2D eigenvalue weighted by Gasteiger charge is 2.37. The highest BCUT2D eigenvalue weighted by molar-refractivity contribution is 5.84. The number of ether oxygens (including phenoxy) is 2. The van der Waals surface area contributed by atoms with Crippen LogP contribution in [-0.2, 0) is 19.1 Å². The van der Waals surface area contributed by atoms with Gasteiger partial charge in [0, 0.05) is 0 Å². The molecule has 0 aromatic rings. The van der Waals surface area contributed by atoms with Crippen molar-refractivity contribution in [3.05, 3.63) is 0 Å². The topological polar surface area (TPSA) is 52.6 Å². The molecule has 19 heavy (non-hydrogen) atoms. The number of unbranched alkanes of at least 4 members (excludes halogenated alkanes) is 3. The summed E-state index contributed by atoms with van der Waals surface area (Å²) < 4.78 is 10.4. The van der Waals surface area contributed by atoms with E-state index in [9.17, 15) is 9.59 Å². The van der Waals surface area contributed by atoms with Crippen molar-refractivity contribution in [2.45, 2.75) is 72.8 Å². The normalized spacial score (nSPS) is 12.1. The lowest BCUT2D eigenvalue weighted by Crippen LogP contribution is -2.41. The Morgan fingerprint density at radius 2 is 1.47 bits per heavy atom. The van der Waals surface area contributed by atoms with Gasteiger partial charge in [0.1, 0.15) is 0 Å². The number of hydrogen-bond donors (Lipinski definition) is 0. The molecular formula is C15H28O4. The van der Waals surface area contributed by atoms with Gasteiger partial charge in [0.15, 0.2) is 0 Å². The zero-order valence-electron chi connectivity index (χ0n) is 13.2. The Morgan fingerprint density at radius 1 is 0.895 bits per heavy atom. The van der Waals surface area contributed by atoms with Gasteiger partial charge in [-0.05, 0) is 41.0 Å².